The summed E-state index contributed by atoms with van der Waals surface area (Å²) in [6.07, 6.45) is 7.18. The second-order valence-electron chi connectivity index (χ2n) is 7.79. The van der Waals surface area contributed by atoms with Crippen molar-refractivity contribution in [3.05, 3.63) is 34.7 Å². The molecule has 0 unspecified atom stereocenters. The fourth-order valence-corrected chi connectivity index (χ4v) is 3.68. The van der Waals surface area contributed by atoms with Crippen LogP contribution < -0.4 is 0 Å². The largest absolute Gasteiger partial charge is 0.297 e. The molecule has 2 fully saturated rings. The van der Waals surface area contributed by atoms with Gasteiger partial charge in [-0.25, -0.2) is 0 Å². The van der Waals surface area contributed by atoms with Gasteiger partial charge < -0.3 is 0 Å². The quantitative estimate of drug-likeness (QED) is 0.837. The van der Waals surface area contributed by atoms with Crippen LogP contribution in [0.15, 0.2) is 6.20 Å². The molecule has 0 radical (unpaired) electrons. The smallest absolute Gasteiger partial charge is 0.0857 e. The third-order valence-corrected chi connectivity index (χ3v) is 5.66. The van der Waals surface area contributed by atoms with E-state index in [1.54, 1.807) is 0 Å². The molecule has 1 aliphatic heterocycles. The molecule has 6 nitrogen and oxygen atoms in total. The standard InChI is InChI=1S/C19H28N6/c1-13-14(2)21-18(15(3)20-13)11-24-8-6-16(7-9-24)10-25-12-19(22-23-25)17-4-5-17/h12,16-17H,4-11H2,1-3H3. The van der Waals surface area contributed by atoms with Crippen LogP contribution in [0.2, 0.25) is 0 Å². The lowest BCUT2D eigenvalue weighted by Crippen LogP contribution is -2.35. The third kappa shape index (κ3) is 3.89. The highest BCUT2D eigenvalue weighted by Gasteiger charge is 2.27. The molecule has 3 heterocycles. The zero-order valence-corrected chi connectivity index (χ0v) is 15.6. The van der Waals surface area contributed by atoms with Gasteiger partial charge in [-0.3, -0.25) is 19.5 Å². The number of piperidine rings is 1. The summed E-state index contributed by atoms with van der Waals surface area (Å²) in [4.78, 5) is 11.9. The van der Waals surface area contributed by atoms with Gasteiger partial charge in [0.05, 0.1) is 28.5 Å². The maximum atomic E-state index is 4.75. The van der Waals surface area contributed by atoms with Gasteiger partial charge in [0, 0.05) is 25.2 Å². The molecule has 0 spiro atoms. The molecule has 0 atom stereocenters. The van der Waals surface area contributed by atoms with E-state index in [4.69, 9.17) is 4.98 Å². The van der Waals surface area contributed by atoms with Crippen molar-refractivity contribution < 1.29 is 0 Å². The Morgan fingerprint density at radius 2 is 1.68 bits per heavy atom. The lowest BCUT2D eigenvalue weighted by atomic mass is 9.96. The third-order valence-electron chi connectivity index (χ3n) is 5.66. The molecule has 2 aromatic rings. The summed E-state index contributed by atoms with van der Waals surface area (Å²) >= 11 is 0. The molecule has 134 valence electrons. The van der Waals surface area contributed by atoms with Crippen molar-refractivity contribution >= 4 is 0 Å². The van der Waals surface area contributed by atoms with Crippen LogP contribution in [0, 0.1) is 26.7 Å². The Balaban J connectivity index is 1.29. The van der Waals surface area contributed by atoms with Crippen LogP contribution in [0.4, 0.5) is 0 Å². The number of hydrogen-bond donors (Lipinski definition) is 0. The highest BCUT2D eigenvalue weighted by atomic mass is 15.4. The van der Waals surface area contributed by atoms with E-state index in [0.717, 1.165) is 49.0 Å². The minimum atomic E-state index is 0.693. The Bertz CT molecular complexity index is 740. The van der Waals surface area contributed by atoms with Gasteiger partial charge >= 0.3 is 0 Å². The molecule has 1 aliphatic carbocycles. The van der Waals surface area contributed by atoms with E-state index in [1.807, 2.05) is 13.8 Å². The van der Waals surface area contributed by atoms with Gasteiger partial charge in [-0.2, -0.15) is 0 Å². The van der Waals surface area contributed by atoms with Crippen molar-refractivity contribution in [1.82, 2.24) is 29.9 Å². The van der Waals surface area contributed by atoms with E-state index in [1.165, 1.54) is 31.4 Å². The summed E-state index contributed by atoms with van der Waals surface area (Å²) in [7, 11) is 0. The number of nitrogens with zero attached hydrogens (tertiary/aromatic N) is 6. The zero-order chi connectivity index (χ0) is 17.4. The summed E-state index contributed by atoms with van der Waals surface area (Å²) in [6.45, 7) is 10.3. The summed E-state index contributed by atoms with van der Waals surface area (Å²) < 4.78 is 2.06. The SMILES string of the molecule is Cc1nc(C)c(CN2CCC(Cn3cc(C4CC4)nn3)CC2)nc1C. The van der Waals surface area contributed by atoms with Gasteiger partial charge in [0.15, 0.2) is 0 Å². The van der Waals surface area contributed by atoms with E-state index in [2.05, 4.69) is 38.0 Å². The maximum Gasteiger partial charge on any atom is 0.0857 e. The summed E-state index contributed by atoms with van der Waals surface area (Å²) in [5.41, 5.74) is 5.49. The molecule has 1 saturated heterocycles. The van der Waals surface area contributed by atoms with Gasteiger partial charge in [-0.05, 0) is 65.5 Å². The van der Waals surface area contributed by atoms with Crippen molar-refractivity contribution in [1.29, 1.82) is 0 Å². The van der Waals surface area contributed by atoms with Gasteiger partial charge in [-0.15, -0.1) is 5.10 Å². The van der Waals surface area contributed by atoms with Crippen LogP contribution in [0.25, 0.3) is 0 Å². The van der Waals surface area contributed by atoms with Crippen LogP contribution in [0.1, 0.15) is 60.1 Å². The van der Waals surface area contributed by atoms with E-state index in [0.29, 0.717) is 11.8 Å². The van der Waals surface area contributed by atoms with E-state index < -0.39 is 0 Å². The molecule has 1 saturated carbocycles. The Labute approximate surface area is 149 Å². The maximum absolute atomic E-state index is 4.75. The Hall–Kier alpha value is -1.82. The Morgan fingerprint density at radius 1 is 0.960 bits per heavy atom. The Kier molecular flexibility index (Phi) is 4.54. The van der Waals surface area contributed by atoms with Crippen LogP contribution >= 0.6 is 0 Å². The van der Waals surface area contributed by atoms with Crippen LogP contribution in [0.5, 0.6) is 0 Å². The molecule has 25 heavy (non-hydrogen) atoms. The molecule has 0 aromatic carbocycles. The normalized spacial score (nSPS) is 19.5. The molecular formula is C19H28N6. The van der Waals surface area contributed by atoms with E-state index in [9.17, 15) is 0 Å². The second kappa shape index (κ2) is 6.83. The highest BCUT2D eigenvalue weighted by Crippen LogP contribution is 2.38. The van der Waals surface area contributed by atoms with Gasteiger partial charge in [0.2, 0.25) is 0 Å². The predicted molar refractivity (Wildman–Crippen MR) is 96.2 cm³/mol. The molecule has 6 heteroatoms. The van der Waals surface area contributed by atoms with Gasteiger partial charge in [0.25, 0.3) is 0 Å². The summed E-state index contributed by atoms with van der Waals surface area (Å²) in [5.74, 6) is 1.40. The fourth-order valence-electron chi connectivity index (χ4n) is 3.68. The van der Waals surface area contributed by atoms with Crippen molar-refractivity contribution in [2.45, 2.75) is 65.5 Å². The molecular weight excluding hydrogens is 312 g/mol. The van der Waals surface area contributed by atoms with Crippen molar-refractivity contribution in [2.24, 2.45) is 5.92 Å². The fraction of sp³-hybridized carbons (Fsp3) is 0.684. The monoisotopic (exact) mass is 340 g/mol. The van der Waals surface area contributed by atoms with Crippen LogP contribution in [0.3, 0.4) is 0 Å². The minimum absolute atomic E-state index is 0.693. The number of rotatable bonds is 5. The predicted octanol–water partition coefficient (Wildman–Crippen LogP) is 2.78. The number of likely N-dealkylation sites (tertiary alicyclic amines) is 1. The first kappa shape index (κ1) is 16.6. The minimum Gasteiger partial charge on any atom is -0.297 e. The summed E-state index contributed by atoms with van der Waals surface area (Å²) in [6, 6.07) is 0. The van der Waals surface area contributed by atoms with Crippen LogP contribution in [-0.4, -0.2) is 43.0 Å². The number of aryl methyl sites for hydroxylation is 3. The summed E-state index contributed by atoms with van der Waals surface area (Å²) in [5, 5.41) is 8.65. The number of hydrogen-bond acceptors (Lipinski definition) is 5. The van der Waals surface area contributed by atoms with E-state index >= 15 is 0 Å². The first-order valence-electron chi connectivity index (χ1n) is 9.51. The average Bonchev–Trinajstić information content (AvgIpc) is 3.34. The average molecular weight is 340 g/mol. The van der Waals surface area contributed by atoms with Gasteiger partial charge in [0.1, 0.15) is 0 Å². The molecule has 0 N–H and O–H groups in total. The molecule has 0 amide bonds. The molecule has 4 rings (SSSR count). The van der Waals surface area contributed by atoms with Crippen LogP contribution in [-0.2, 0) is 13.1 Å². The Morgan fingerprint density at radius 3 is 2.40 bits per heavy atom. The van der Waals surface area contributed by atoms with E-state index in [-0.39, 0.29) is 0 Å². The topological polar surface area (TPSA) is 59.7 Å². The van der Waals surface area contributed by atoms with Crippen molar-refractivity contribution in [2.75, 3.05) is 13.1 Å². The first-order chi connectivity index (χ1) is 12.1. The number of aromatic nitrogens is 5. The van der Waals surface area contributed by atoms with Crippen molar-refractivity contribution in [3.8, 4) is 0 Å². The first-order valence-corrected chi connectivity index (χ1v) is 9.51. The zero-order valence-electron chi connectivity index (χ0n) is 15.6. The molecule has 2 aromatic heterocycles. The highest BCUT2D eigenvalue weighted by molar-refractivity contribution is 5.17. The lowest BCUT2D eigenvalue weighted by molar-refractivity contribution is 0.162. The van der Waals surface area contributed by atoms with Crippen molar-refractivity contribution in [3.63, 3.8) is 0 Å². The lowest BCUT2D eigenvalue weighted by Gasteiger charge is -2.31. The second-order valence-corrected chi connectivity index (χ2v) is 7.79. The molecule has 0 bridgehead atoms. The molecule has 2 aliphatic rings. The van der Waals surface area contributed by atoms with Gasteiger partial charge in [-0.1, -0.05) is 5.21 Å².